The number of carbonyl (C=O) groups is 2. The summed E-state index contributed by atoms with van der Waals surface area (Å²) in [6, 6.07) is 9.98. The van der Waals surface area contributed by atoms with Crippen LogP contribution in [0.5, 0.6) is 5.75 Å². The van der Waals surface area contributed by atoms with Crippen molar-refractivity contribution in [1.82, 2.24) is 0 Å². The Balaban J connectivity index is 2.09. The Bertz CT molecular complexity index is 808. The molecule has 0 aliphatic heterocycles. The number of halogens is 2. The number of aryl methyl sites for hydroxylation is 1. The highest BCUT2D eigenvalue weighted by atomic mass is 35.5. The number of rotatable bonds is 5. The summed E-state index contributed by atoms with van der Waals surface area (Å²) >= 11 is 11.9. The molecule has 0 aliphatic carbocycles. The first-order valence-corrected chi connectivity index (χ1v) is 8.19. The van der Waals surface area contributed by atoms with Gasteiger partial charge in [-0.1, -0.05) is 35.3 Å². The van der Waals surface area contributed by atoms with Crippen LogP contribution in [0.2, 0.25) is 10.0 Å². The second kappa shape index (κ2) is 8.23. The molecule has 0 heterocycles. The first-order valence-electron chi connectivity index (χ1n) is 7.44. The van der Waals surface area contributed by atoms with E-state index < -0.39 is 18.0 Å². The summed E-state index contributed by atoms with van der Waals surface area (Å²) in [5.74, 6) is -0.711. The number of methoxy groups -OCH3 is 1. The summed E-state index contributed by atoms with van der Waals surface area (Å²) in [4.78, 5) is 24.5. The van der Waals surface area contributed by atoms with Crippen LogP contribution in [0, 0.1) is 6.92 Å². The Morgan fingerprint density at radius 1 is 1.16 bits per heavy atom. The zero-order valence-electron chi connectivity index (χ0n) is 13.9. The number of anilines is 1. The number of amides is 1. The molecular formula is C18H17Cl2NO4. The Morgan fingerprint density at radius 3 is 2.56 bits per heavy atom. The first kappa shape index (κ1) is 19.1. The minimum absolute atomic E-state index is 0.0853. The Kier molecular flexibility index (Phi) is 6.28. The lowest BCUT2D eigenvalue weighted by atomic mass is 10.2. The van der Waals surface area contributed by atoms with E-state index >= 15 is 0 Å². The molecule has 0 saturated heterocycles. The van der Waals surface area contributed by atoms with Gasteiger partial charge in [-0.15, -0.1) is 0 Å². The molecule has 1 unspecified atom stereocenters. The van der Waals surface area contributed by atoms with Crippen molar-refractivity contribution in [2.45, 2.75) is 20.0 Å². The Hall–Kier alpha value is -2.24. The first-order chi connectivity index (χ1) is 11.8. The van der Waals surface area contributed by atoms with Crippen molar-refractivity contribution in [3.05, 3.63) is 57.6 Å². The lowest BCUT2D eigenvalue weighted by molar-refractivity contribution is -0.123. The molecule has 1 amide bonds. The fourth-order valence-corrected chi connectivity index (χ4v) is 2.47. The van der Waals surface area contributed by atoms with Crippen molar-refractivity contribution in [3.63, 3.8) is 0 Å². The van der Waals surface area contributed by atoms with E-state index in [0.717, 1.165) is 5.56 Å². The zero-order valence-corrected chi connectivity index (χ0v) is 15.4. The minimum Gasteiger partial charge on any atom is -0.495 e. The monoisotopic (exact) mass is 381 g/mol. The number of carbonyl (C=O) groups excluding carboxylic acids is 2. The van der Waals surface area contributed by atoms with Gasteiger partial charge < -0.3 is 14.8 Å². The van der Waals surface area contributed by atoms with Crippen molar-refractivity contribution in [2.24, 2.45) is 0 Å². The van der Waals surface area contributed by atoms with Crippen LogP contribution in [0.1, 0.15) is 22.8 Å². The Labute approximate surface area is 155 Å². The van der Waals surface area contributed by atoms with Crippen LogP contribution in [-0.2, 0) is 9.53 Å². The second-order valence-corrected chi connectivity index (χ2v) is 6.13. The van der Waals surface area contributed by atoms with Crippen molar-refractivity contribution in [2.75, 3.05) is 12.4 Å². The minimum atomic E-state index is -1.03. The number of ether oxygens (including phenoxy) is 2. The van der Waals surface area contributed by atoms with Gasteiger partial charge in [0.25, 0.3) is 5.91 Å². The standard InChI is InChI=1S/C18H17Cl2NO4/c1-10-7-8-15(24-3)14(9-10)21-17(22)11(2)25-18(23)12-5-4-6-13(19)16(12)20/h4-9,11H,1-3H3,(H,21,22). The molecule has 25 heavy (non-hydrogen) atoms. The van der Waals surface area contributed by atoms with Crippen LogP contribution in [0.4, 0.5) is 5.69 Å². The van der Waals surface area contributed by atoms with E-state index in [1.165, 1.54) is 20.1 Å². The van der Waals surface area contributed by atoms with Crippen molar-refractivity contribution >= 4 is 40.8 Å². The third-order valence-corrected chi connectivity index (χ3v) is 4.26. The van der Waals surface area contributed by atoms with Gasteiger partial charge in [-0.2, -0.15) is 0 Å². The zero-order chi connectivity index (χ0) is 18.6. The number of hydrogen-bond donors (Lipinski definition) is 1. The topological polar surface area (TPSA) is 64.6 Å². The average Bonchev–Trinajstić information content (AvgIpc) is 2.57. The van der Waals surface area contributed by atoms with Crippen molar-refractivity contribution in [1.29, 1.82) is 0 Å². The SMILES string of the molecule is COc1ccc(C)cc1NC(=O)C(C)OC(=O)c1cccc(Cl)c1Cl. The summed E-state index contributed by atoms with van der Waals surface area (Å²) in [5, 5.41) is 3.00. The predicted octanol–water partition coefficient (Wildman–Crippen LogP) is 4.49. The second-order valence-electron chi connectivity index (χ2n) is 5.34. The fourth-order valence-electron chi connectivity index (χ4n) is 2.09. The largest absolute Gasteiger partial charge is 0.495 e. The van der Waals surface area contributed by atoms with Gasteiger partial charge in [-0.25, -0.2) is 4.79 Å². The molecule has 5 nitrogen and oxygen atoms in total. The maximum Gasteiger partial charge on any atom is 0.340 e. The molecule has 0 spiro atoms. The summed E-state index contributed by atoms with van der Waals surface area (Å²) in [6.45, 7) is 3.35. The fraction of sp³-hybridized carbons (Fsp3) is 0.222. The molecule has 1 atom stereocenters. The average molecular weight is 382 g/mol. The smallest absolute Gasteiger partial charge is 0.340 e. The lowest BCUT2D eigenvalue weighted by Gasteiger charge is -2.16. The molecule has 0 bridgehead atoms. The van der Waals surface area contributed by atoms with E-state index in [9.17, 15) is 9.59 Å². The van der Waals surface area contributed by atoms with Gasteiger partial charge in [-0.3, -0.25) is 4.79 Å². The molecule has 2 aromatic rings. The number of nitrogens with one attached hydrogen (secondary N) is 1. The van der Waals surface area contributed by atoms with Crippen LogP contribution in [0.3, 0.4) is 0 Å². The van der Waals surface area contributed by atoms with Gasteiger partial charge in [-0.05, 0) is 43.7 Å². The van der Waals surface area contributed by atoms with Gasteiger partial charge in [0.05, 0.1) is 28.4 Å². The number of esters is 1. The molecule has 132 valence electrons. The molecule has 1 N–H and O–H groups in total. The molecule has 0 aliphatic rings. The summed E-state index contributed by atoms with van der Waals surface area (Å²) in [6.07, 6.45) is -1.03. The molecule has 7 heteroatoms. The highest BCUT2D eigenvalue weighted by Gasteiger charge is 2.22. The van der Waals surface area contributed by atoms with Crippen molar-refractivity contribution in [3.8, 4) is 5.75 Å². The predicted molar refractivity (Wildman–Crippen MR) is 97.7 cm³/mol. The van der Waals surface area contributed by atoms with Gasteiger partial charge in [0.15, 0.2) is 6.10 Å². The van der Waals surface area contributed by atoms with E-state index in [2.05, 4.69) is 5.32 Å². The van der Waals surface area contributed by atoms with E-state index in [-0.39, 0.29) is 15.6 Å². The molecule has 0 fully saturated rings. The normalized spacial score (nSPS) is 11.6. The maximum absolute atomic E-state index is 12.3. The van der Waals surface area contributed by atoms with Gasteiger partial charge in [0.1, 0.15) is 5.75 Å². The van der Waals surface area contributed by atoms with Gasteiger partial charge >= 0.3 is 5.97 Å². The van der Waals surface area contributed by atoms with Crippen LogP contribution >= 0.6 is 23.2 Å². The maximum atomic E-state index is 12.3. The number of benzene rings is 2. The van der Waals surface area contributed by atoms with Gasteiger partial charge in [0, 0.05) is 0 Å². The van der Waals surface area contributed by atoms with Crippen LogP contribution in [-0.4, -0.2) is 25.1 Å². The molecule has 0 saturated carbocycles. The lowest BCUT2D eigenvalue weighted by Crippen LogP contribution is -2.30. The summed E-state index contributed by atoms with van der Waals surface area (Å²) < 4.78 is 10.4. The third kappa shape index (κ3) is 4.65. The molecule has 0 aromatic heterocycles. The molecule has 2 rings (SSSR count). The molecular weight excluding hydrogens is 365 g/mol. The van der Waals surface area contributed by atoms with Crippen LogP contribution in [0.15, 0.2) is 36.4 Å². The Morgan fingerprint density at radius 2 is 1.88 bits per heavy atom. The molecule has 2 aromatic carbocycles. The third-order valence-electron chi connectivity index (χ3n) is 3.44. The van der Waals surface area contributed by atoms with E-state index in [4.69, 9.17) is 32.7 Å². The van der Waals surface area contributed by atoms with E-state index in [1.54, 1.807) is 24.3 Å². The van der Waals surface area contributed by atoms with E-state index in [1.807, 2.05) is 13.0 Å². The van der Waals surface area contributed by atoms with Crippen LogP contribution in [0.25, 0.3) is 0 Å². The number of hydrogen-bond acceptors (Lipinski definition) is 4. The summed E-state index contributed by atoms with van der Waals surface area (Å²) in [7, 11) is 1.50. The highest BCUT2D eigenvalue weighted by Crippen LogP contribution is 2.27. The van der Waals surface area contributed by atoms with E-state index in [0.29, 0.717) is 11.4 Å². The summed E-state index contributed by atoms with van der Waals surface area (Å²) in [5.41, 5.74) is 1.55. The molecule has 0 radical (unpaired) electrons. The quantitative estimate of drug-likeness (QED) is 0.774. The van der Waals surface area contributed by atoms with Crippen molar-refractivity contribution < 1.29 is 19.1 Å². The van der Waals surface area contributed by atoms with Crippen LogP contribution < -0.4 is 10.1 Å². The highest BCUT2D eigenvalue weighted by molar-refractivity contribution is 6.43. The van der Waals surface area contributed by atoms with Gasteiger partial charge in [0.2, 0.25) is 0 Å².